The Balaban J connectivity index is 1.80. The maximum absolute atomic E-state index is 13.5. The van der Waals surface area contributed by atoms with E-state index in [-0.39, 0.29) is 36.1 Å². The third-order valence-electron chi connectivity index (χ3n) is 5.69. The summed E-state index contributed by atoms with van der Waals surface area (Å²) in [5.74, 6) is -0.759. The molecule has 0 radical (unpaired) electrons. The summed E-state index contributed by atoms with van der Waals surface area (Å²) in [5, 5.41) is 1.98. The highest BCUT2D eigenvalue weighted by atomic mass is 32.1. The molecule has 1 atom stereocenters. The summed E-state index contributed by atoms with van der Waals surface area (Å²) in [6.07, 6.45) is 0.661. The summed E-state index contributed by atoms with van der Waals surface area (Å²) in [4.78, 5) is 31.4. The van der Waals surface area contributed by atoms with Gasteiger partial charge in [-0.3, -0.25) is 9.59 Å². The molecule has 0 bridgehead atoms. The van der Waals surface area contributed by atoms with Crippen LogP contribution in [-0.2, 0) is 22.7 Å². The number of benzene rings is 2. The van der Waals surface area contributed by atoms with Crippen molar-refractivity contribution in [2.45, 2.75) is 52.2 Å². The molecule has 33 heavy (non-hydrogen) atoms. The molecule has 174 valence electrons. The normalized spacial score (nSPS) is 11.9. The Labute approximate surface area is 199 Å². The summed E-state index contributed by atoms with van der Waals surface area (Å²) in [6, 6.07) is 19.7. The van der Waals surface area contributed by atoms with E-state index in [1.807, 2.05) is 68.6 Å². The summed E-state index contributed by atoms with van der Waals surface area (Å²) in [5.41, 5.74) is 1.81. The van der Waals surface area contributed by atoms with Crippen molar-refractivity contribution in [2.75, 3.05) is 6.54 Å². The zero-order valence-corrected chi connectivity index (χ0v) is 20.2. The second kappa shape index (κ2) is 11.8. The summed E-state index contributed by atoms with van der Waals surface area (Å²) < 4.78 is 13.4. The lowest BCUT2D eigenvalue weighted by Gasteiger charge is -2.32. The van der Waals surface area contributed by atoms with Crippen molar-refractivity contribution < 1.29 is 14.0 Å². The maximum atomic E-state index is 13.5. The van der Waals surface area contributed by atoms with E-state index in [0.717, 1.165) is 16.0 Å². The SMILES string of the molecule is CCC(C(=O)N(CC(=O)N(Cc1ccc(F)cc1)Cc1cccs1)C(C)C)c1ccccc1. The summed E-state index contributed by atoms with van der Waals surface area (Å²) in [7, 11) is 0. The number of nitrogens with zero attached hydrogens (tertiary/aromatic N) is 2. The van der Waals surface area contributed by atoms with Crippen LogP contribution < -0.4 is 0 Å². The van der Waals surface area contributed by atoms with Crippen molar-refractivity contribution in [2.24, 2.45) is 0 Å². The fraction of sp³-hybridized carbons (Fsp3) is 0.333. The van der Waals surface area contributed by atoms with E-state index in [2.05, 4.69) is 0 Å². The Morgan fingerprint density at radius 1 is 0.939 bits per heavy atom. The molecule has 1 unspecified atom stereocenters. The van der Waals surface area contributed by atoms with E-state index < -0.39 is 0 Å². The van der Waals surface area contributed by atoms with Crippen molar-refractivity contribution in [3.8, 4) is 0 Å². The van der Waals surface area contributed by atoms with Crippen molar-refractivity contribution in [1.82, 2.24) is 9.80 Å². The standard InChI is InChI=1S/C27H31FN2O2S/c1-4-25(22-9-6-5-7-10-22)27(32)30(20(2)3)19-26(31)29(18-24-11-8-16-33-24)17-21-12-14-23(28)15-13-21/h5-16,20,25H,4,17-19H2,1-3H3. The van der Waals surface area contributed by atoms with Gasteiger partial charge in [0.05, 0.1) is 12.5 Å². The molecule has 2 amide bonds. The van der Waals surface area contributed by atoms with E-state index in [0.29, 0.717) is 19.5 Å². The van der Waals surface area contributed by atoms with Gasteiger partial charge in [0, 0.05) is 17.5 Å². The highest BCUT2D eigenvalue weighted by molar-refractivity contribution is 7.09. The minimum atomic E-state index is -0.307. The number of amides is 2. The Morgan fingerprint density at radius 2 is 1.64 bits per heavy atom. The first kappa shape index (κ1) is 24.6. The van der Waals surface area contributed by atoms with Crippen LogP contribution in [0.5, 0.6) is 0 Å². The Hall–Kier alpha value is -2.99. The van der Waals surface area contributed by atoms with Gasteiger partial charge >= 0.3 is 0 Å². The molecule has 1 aromatic heterocycles. The molecule has 0 aliphatic rings. The minimum Gasteiger partial charge on any atom is -0.332 e. The largest absolute Gasteiger partial charge is 0.332 e. The second-order valence-electron chi connectivity index (χ2n) is 8.39. The van der Waals surface area contributed by atoms with Gasteiger partial charge in [0.1, 0.15) is 12.4 Å². The summed E-state index contributed by atoms with van der Waals surface area (Å²) in [6.45, 7) is 6.68. The molecule has 1 heterocycles. The lowest BCUT2D eigenvalue weighted by molar-refractivity contribution is -0.143. The predicted octanol–water partition coefficient (Wildman–Crippen LogP) is 5.85. The first-order chi connectivity index (χ1) is 15.9. The molecule has 2 aromatic carbocycles. The average Bonchev–Trinajstić information content (AvgIpc) is 3.32. The quantitative estimate of drug-likeness (QED) is 0.376. The van der Waals surface area contributed by atoms with Gasteiger partial charge in [0.2, 0.25) is 11.8 Å². The first-order valence-corrected chi connectivity index (χ1v) is 12.2. The van der Waals surface area contributed by atoms with E-state index in [9.17, 15) is 14.0 Å². The lowest BCUT2D eigenvalue weighted by atomic mass is 9.94. The molecule has 4 nitrogen and oxygen atoms in total. The second-order valence-corrected chi connectivity index (χ2v) is 9.42. The van der Waals surface area contributed by atoms with Crippen LogP contribution in [0.2, 0.25) is 0 Å². The van der Waals surface area contributed by atoms with Gasteiger partial charge in [-0.15, -0.1) is 11.3 Å². The van der Waals surface area contributed by atoms with Crippen LogP contribution in [0.3, 0.4) is 0 Å². The van der Waals surface area contributed by atoms with Crippen LogP contribution in [-0.4, -0.2) is 34.2 Å². The Kier molecular flexibility index (Phi) is 8.78. The topological polar surface area (TPSA) is 40.6 Å². The summed E-state index contributed by atoms with van der Waals surface area (Å²) >= 11 is 1.58. The van der Waals surface area contributed by atoms with Crippen molar-refractivity contribution in [3.05, 3.63) is 93.9 Å². The molecule has 6 heteroatoms. The number of thiophene rings is 1. The zero-order chi connectivity index (χ0) is 23.8. The van der Waals surface area contributed by atoms with Crippen molar-refractivity contribution in [3.63, 3.8) is 0 Å². The number of hydrogen-bond donors (Lipinski definition) is 0. The number of carbonyl (C=O) groups excluding carboxylic acids is 2. The van der Waals surface area contributed by atoms with E-state index >= 15 is 0 Å². The zero-order valence-electron chi connectivity index (χ0n) is 19.4. The van der Waals surface area contributed by atoms with Crippen LogP contribution in [0.4, 0.5) is 4.39 Å². The molecule has 0 spiro atoms. The molecule has 0 fully saturated rings. The molecular formula is C27H31FN2O2S. The van der Waals surface area contributed by atoms with Gasteiger partial charge in [-0.25, -0.2) is 4.39 Å². The number of rotatable bonds is 10. The number of carbonyl (C=O) groups is 2. The van der Waals surface area contributed by atoms with Gasteiger partial charge in [0.15, 0.2) is 0 Å². The highest BCUT2D eigenvalue weighted by Gasteiger charge is 2.29. The minimum absolute atomic E-state index is 0.00635. The van der Waals surface area contributed by atoms with Crippen molar-refractivity contribution in [1.29, 1.82) is 0 Å². The van der Waals surface area contributed by atoms with Gasteiger partial charge in [-0.1, -0.05) is 55.5 Å². The number of halogens is 1. The van der Waals surface area contributed by atoms with Gasteiger partial charge < -0.3 is 9.80 Å². The van der Waals surface area contributed by atoms with Crippen molar-refractivity contribution >= 4 is 23.2 Å². The fourth-order valence-electron chi connectivity index (χ4n) is 3.83. The predicted molar refractivity (Wildman–Crippen MR) is 131 cm³/mol. The smallest absolute Gasteiger partial charge is 0.242 e. The fourth-order valence-corrected chi connectivity index (χ4v) is 4.55. The molecule has 3 aromatic rings. The molecular weight excluding hydrogens is 435 g/mol. The Bertz CT molecular complexity index is 1020. The average molecular weight is 467 g/mol. The highest BCUT2D eigenvalue weighted by Crippen LogP contribution is 2.24. The van der Waals surface area contributed by atoms with E-state index in [4.69, 9.17) is 0 Å². The lowest BCUT2D eigenvalue weighted by Crippen LogP contribution is -2.47. The number of hydrogen-bond acceptors (Lipinski definition) is 3. The monoisotopic (exact) mass is 466 g/mol. The van der Waals surface area contributed by atoms with E-state index in [1.54, 1.807) is 33.3 Å². The maximum Gasteiger partial charge on any atom is 0.242 e. The third kappa shape index (κ3) is 6.75. The molecule has 3 rings (SSSR count). The molecule has 0 N–H and O–H groups in total. The van der Waals surface area contributed by atoms with Gasteiger partial charge in [-0.2, -0.15) is 0 Å². The third-order valence-corrected chi connectivity index (χ3v) is 6.55. The molecule has 0 aliphatic heterocycles. The first-order valence-electron chi connectivity index (χ1n) is 11.3. The van der Waals surface area contributed by atoms with E-state index in [1.165, 1.54) is 12.1 Å². The van der Waals surface area contributed by atoms with Crippen LogP contribution in [0.15, 0.2) is 72.1 Å². The van der Waals surface area contributed by atoms with Crippen LogP contribution in [0.1, 0.15) is 49.1 Å². The molecule has 0 saturated heterocycles. The van der Waals surface area contributed by atoms with Crippen LogP contribution >= 0.6 is 11.3 Å². The van der Waals surface area contributed by atoms with Gasteiger partial charge in [0.25, 0.3) is 0 Å². The van der Waals surface area contributed by atoms with Crippen LogP contribution in [0, 0.1) is 5.82 Å². The van der Waals surface area contributed by atoms with Crippen LogP contribution in [0.25, 0.3) is 0 Å². The molecule has 0 aliphatic carbocycles. The Morgan fingerprint density at radius 3 is 2.21 bits per heavy atom. The molecule has 0 saturated carbocycles. The van der Waals surface area contributed by atoms with Gasteiger partial charge in [-0.05, 0) is 55.0 Å².